The second-order valence-corrected chi connectivity index (χ2v) is 7.21. The third-order valence-electron chi connectivity index (χ3n) is 3.48. The van der Waals surface area contributed by atoms with Crippen LogP contribution >= 0.6 is 0 Å². The summed E-state index contributed by atoms with van der Waals surface area (Å²) in [7, 11) is -3.86. The average Bonchev–Trinajstić information content (AvgIpc) is 2.64. The zero-order chi connectivity index (χ0) is 19.0. The van der Waals surface area contributed by atoms with E-state index in [1.807, 2.05) is 37.3 Å². The van der Waals surface area contributed by atoms with Crippen molar-refractivity contribution in [3.63, 3.8) is 0 Å². The van der Waals surface area contributed by atoms with E-state index in [-0.39, 0.29) is 23.6 Å². The molecule has 1 amide bonds. The summed E-state index contributed by atoms with van der Waals surface area (Å²) in [5, 5.41) is 3.79. The van der Waals surface area contributed by atoms with E-state index in [1.165, 1.54) is 12.1 Å². The fourth-order valence-electron chi connectivity index (χ4n) is 1.99. The topological polar surface area (TPSA) is 96.9 Å². The predicted molar refractivity (Wildman–Crippen MR) is 98.6 cm³/mol. The van der Waals surface area contributed by atoms with Gasteiger partial charge in [-0.15, -0.1) is 4.83 Å². The van der Waals surface area contributed by atoms with E-state index in [0.29, 0.717) is 0 Å². The van der Waals surface area contributed by atoms with Crippen molar-refractivity contribution in [3.05, 3.63) is 65.7 Å². The third kappa shape index (κ3) is 5.68. The fourth-order valence-corrected chi connectivity index (χ4v) is 2.83. The maximum atomic E-state index is 12.2. The van der Waals surface area contributed by atoms with Crippen LogP contribution in [0.2, 0.25) is 0 Å². The van der Waals surface area contributed by atoms with E-state index in [1.54, 1.807) is 19.1 Å². The number of rotatable bonds is 8. The minimum Gasteiger partial charge on any atom is -0.391 e. The molecule has 0 aliphatic carbocycles. The van der Waals surface area contributed by atoms with Crippen LogP contribution in [-0.4, -0.2) is 20.0 Å². The zero-order valence-electron chi connectivity index (χ0n) is 14.6. The molecule has 7 nitrogen and oxygen atoms in total. The first-order valence-corrected chi connectivity index (χ1v) is 9.52. The van der Waals surface area contributed by atoms with Crippen LogP contribution in [-0.2, 0) is 26.3 Å². The summed E-state index contributed by atoms with van der Waals surface area (Å²) in [6, 6.07) is 15.6. The number of hydrazine groups is 1. The molecule has 0 fully saturated rings. The van der Waals surface area contributed by atoms with E-state index < -0.39 is 15.9 Å². The van der Waals surface area contributed by atoms with Gasteiger partial charge in [0, 0.05) is 0 Å². The normalized spacial score (nSPS) is 11.8. The molecule has 138 valence electrons. The maximum absolute atomic E-state index is 12.2. The predicted octanol–water partition coefficient (Wildman–Crippen LogP) is 2.29. The number of amides is 1. The van der Waals surface area contributed by atoms with Gasteiger partial charge in [0.2, 0.25) is 0 Å². The van der Waals surface area contributed by atoms with Gasteiger partial charge in [0.15, 0.2) is 0 Å². The van der Waals surface area contributed by atoms with Crippen molar-refractivity contribution in [3.8, 4) is 0 Å². The first kappa shape index (κ1) is 19.6. The summed E-state index contributed by atoms with van der Waals surface area (Å²) in [5.74, 6) is -0.670. The van der Waals surface area contributed by atoms with Gasteiger partial charge in [0.1, 0.15) is 12.3 Å². The van der Waals surface area contributed by atoms with Gasteiger partial charge >= 0.3 is 0 Å². The lowest BCUT2D eigenvalue weighted by Crippen LogP contribution is -2.44. The van der Waals surface area contributed by atoms with Crippen LogP contribution in [0.4, 0.5) is 0 Å². The summed E-state index contributed by atoms with van der Waals surface area (Å²) >= 11 is 0. The van der Waals surface area contributed by atoms with Gasteiger partial charge in [-0.3, -0.25) is 10.2 Å². The summed E-state index contributed by atoms with van der Waals surface area (Å²) in [4.78, 5) is 19.4. The fraction of sp³-hybridized carbons (Fsp3) is 0.222. The van der Waals surface area contributed by atoms with Crippen molar-refractivity contribution in [2.75, 3.05) is 0 Å². The van der Waals surface area contributed by atoms with Gasteiger partial charge in [-0.1, -0.05) is 60.1 Å². The first-order chi connectivity index (χ1) is 12.4. The Kier molecular flexibility index (Phi) is 6.88. The molecule has 0 aromatic heterocycles. The number of oxime groups is 1. The van der Waals surface area contributed by atoms with Gasteiger partial charge in [0.25, 0.3) is 15.9 Å². The van der Waals surface area contributed by atoms with Crippen molar-refractivity contribution in [2.45, 2.75) is 31.8 Å². The van der Waals surface area contributed by atoms with Crippen molar-refractivity contribution in [2.24, 2.45) is 5.16 Å². The Balaban J connectivity index is 1.93. The summed E-state index contributed by atoms with van der Waals surface area (Å²) < 4.78 is 24.3. The molecular formula is C18H21N3O4S. The smallest absolute Gasteiger partial charge is 0.284 e. The molecule has 0 aliphatic heterocycles. The lowest BCUT2D eigenvalue weighted by atomic mass is 10.2. The molecule has 2 aromatic carbocycles. The molecule has 2 aromatic rings. The number of carbonyl (C=O) groups is 1. The second kappa shape index (κ2) is 9.12. The van der Waals surface area contributed by atoms with Crippen LogP contribution in [0.1, 0.15) is 24.5 Å². The highest BCUT2D eigenvalue weighted by atomic mass is 32.2. The van der Waals surface area contributed by atoms with Crippen molar-refractivity contribution in [1.82, 2.24) is 10.3 Å². The Hall–Kier alpha value is -2.71. The number of carbonyl (C=O) groups excluding carboxylic acids is 1. The summed E-state index contributed by atoms with van der Waals surface area (Å²) in [5.41, 5.74) is 4.07. The standard InChI is InChI=1S/C18H21N3O4S/c1-3-17(20-25-13-15-7-5-4-6-8-15)18(22)19-21-26(23,24)16-11-9-14(2)10-12-16/h4-12,21H,3,13H2,1-2H3,(H,19,22)/b20-17+. The average molecular weight is 375 g/mol. The highest BCUT2D eigenvalue weighted by molar-refractivity contribution is 7.89. The quantitative estimate of drug-likeness (QED) is 0.546. The van der Waals surface area contributed by atoms with Crippen LogP contribution < -0.4 is 10.3 Å². The van der Waals surface area contributed by atoms with Crippen LogP contribution in [0.5, 0.6) is 0 Å². The van der Waals surface area contributed by atoms with Gasteiger partial charge in [-0.05, 0) is 31.0 Å². The largest absolute Gasteiger partial charge is 0.391 e. The van der Waals surface area contributed by atoms with Crippen LogP contribution in [0, 0.1) is 6.92 Å². The molecule has 0 saturated heterocycles. The molecule has 0 bridgehead atoms. The summed E-state index contributed by atoms with van der Waals surface area (Å²) in [6.07, 6.45) is 0.285. The number of nitrogens with one attached hydrogen (secondary N) is 2. The Bertz CT molecular complexity index is 863. The number of sulfonamides is 1. The molecule has 0 radical (unpaired) electrons. The molecule has 0 atom stereocenters. The Morgan fingerprint density at radius 3 is 2.35 bits per heavy atom. The lowest BCUT2D eigenvalue weighted by Gasteiger charge is -2.09. The SMILES string of the molecule is CC/C(=N\OCc1ccccc1)C(=O)NNS(=O)(=O)c1ccc(C)cc1. The van der Waals surface area contributed by atoms with Crippen LogP contribution in [0.3, 0.4) is 0 Å². The van der Waals surface area contributed by atoms with Crippen molar-refractivity contribution >= 4 is 21.6 Å². The molecule has 0 saturated carbocycles. The number of benzene rings is 2. The molecular weight excluding hydrogens is 354 g/mol. The minimum absolute atomic E-state index is 0.0544. The molecule has 2 N–H and O–H groups in total. The molecule has 0 aliphatic rings. The van der Waals surface area contributed by atoms with Crippen LogP contribution in [0.15, 0.2) is 64.6 Å². The Morgan fingerprint density at radius 1 is 1.08 bits per heavy atom. The van der Waals surface area contributed by atoms with Gasteiger partial charge in [-0.25, -0.2) is 8.42 Å². The Labute approximate surface area is 153 Å². The Morgan fingerprint density at radius 2 is 1.73 bits per heavy atom. The van der Waals surface area contributed by atoms with Crippen molar-refractivity contribution < 1.29 is 18.0 Å². The van der Waals surface area contributed by atoms with Gasteiger partial charge < -0.3 is 4.84 Å². The molecule has 26 heavy (non-hydrogen) atoms. The number of aryl methyl sites for hydroxylation is 1. The van der Waals surface area contributed by atoms with E-state index >= 15 is 0 Å². The number of nitrogens with zero attached hydrogens (tertiary/aromatic N) is 1. The van der Waals surface area contributed by atoms with Crippen LogP contribution in [0.25, 0.3) is 0 Å². The van der Waals surface area contributed by atoms with E-state index in [9.17, 15) is 13.2 Å². The van der Waals surface area contributed by atoms with E-state index in [4.69, 9.17) is 4.84 Å². The highest BCUT2D eigenvalue weighted by Crippen LogP contribution is 2.09. The third-order valence-corrected chi connectivity index (χ3v) is 4.74. The molecule has 0 unspecified atom stereocenters. The number of hydrogen-bond donors (Lipinski definition) is 2. The lowest BCUT2D eigenvalue weighted by molar-refractivity contribution is -0.115. The highest BCUT2D eigenvalue weighted by Gasteiger charge is 2.17. The molecule has 0 spiro atoms. The molecule has 8 heteroatoms. The minimum atomic E-state index is -3.86. The van der Waals surface area contributed by atoms with Crippen molar-refractivity contribution in [1.29, 1.82) is 0 Å². The van der Waals surface area contributed by atoms with E-state index in [2.05, 4.69) is 15.4 Å². The maximum Gasteiger partial charge on any atom is 0.284 e. The second-order valence-electron chi connectivity index (χ2n) is 5.52. The molecule has 2 rings (SSSR count). The van der Waals surface area contributed by atoms with Gasteiger partial charge in [-0.2, -0.15) is 0 Å². The first-order valence-electron chi connectivity index (χ1n) is 8.04. The molecule has 0 heterocycles. The summed E-state index contributed by atoms with van der Waals surface area (Å²) in [6.45, 7) is 3.79. The van der Waals surface area contributed by atoms with E-state index in [0.717, 1.165) is 11.1 Å². The number of hydrogen-bond acceptors (Lipinski definition) is 5. The monoisotopic (exact) mass is 375 g/mol. The van der Waals surface area contributed by atoms with Gasteiger partial charge in [0.05, 0.1) is 4.90 Å². The zero-order valence-corrected chi connectivity index (χ0v) is 15.4.